The van der Waals surface area contributed by atoms with E-state index in [-0.39, 0.29) is 41.6 Å². The summed E-state index contributed by atoms with van der Waals surface area (Å²) in [7, 11) is 3.83. The molecule has 1 aliphatic carbocycles. The average molecular weight is 561 g/mol. The van der Waals surface area contributed by atoms with E-state index < -0.39 is 5.82 Å². The van der Waals surface area contributed by atoms with Crippen molar-refractivity contribution >= 4 is 41.5 Å². The SMILES string of the molecule is CN(c1ccc(-c2ncc(-c3cc(F)c4nn(C)cc4c3)cc2O)nn1)C1CC(C)(C)NC2(CC2)C1.Cl.Cl. The van der Waals surface area contributed by atoms with Crippen LogP contribution < -0.4 is 10.2 Å². The highest BCUT2D eigenvalue weighted by molar-refractivity contribution is 5.86. The quantitative estimate of drug-likeness (QED) is 0.351. The molecule has 1 atom stereocenters. The summed E-state index contributed by atoms with van der Waals surface area (Å²) in [6.07, 6.45) is 7.96. The van der Waals surface area contributed by atoms with Crippen molar-refractivity contribution in [2.45, 2.75) is 56.7 Å². The molecule has 1 unspecified atom stereocenters. The van der Waals surface area contributed by atoms with Gasteiger partial charge in [0.2, 0.25) is 0 Å². The molecule has 38 heavy (non-hydrogen) atoms. The zero-order chi connectivity index (χ0) is 25.2. The van der Waals surface area contributed by atoms with Crippen LogP contribution in [0.25, 0.3) is 33.4 Å². The average Bonchev–Trinajstić information content (AvgIpc) is 3.43. The van der Waals surface area contributed by atoms with Gasteiger partial charge in [-0.15, -0.1) is 35.0 Å². The zero-order valence-electron chi connectivity index (χ0n) is 21.8. The lowest BCUT2D eigenvalue weighted by Gasteiger charge is -2.45. The predicted molar refractivity (Wildman–Crippen MR) is 152 cm³/mol. The van der Waals surface area contributed by atoms with E-state index in [4.69, 9.17) is 0 Å². The molecule has 4 aromatic rings. The van der Waals surface area contributed by atoms with Gasteiger partial charge in [0.1, 0.15) is 22.7 Å². The maximum absolute atomic E-state index is 14.5. The largest absolute Gasteiger partial charge is 0.506 e. The highest BCUT2D eigenvalue weighted by atomic mass is 35.5. The van der Waals surface area contributed by atoms with Gasteiger partial charge in [-0.1, -0.05) is 0 Å². The van der Waals surface area contributed by atoms with Gasteiger partial charge in [-0.2, -0.15) is 5.10 Å². The fraction of sp³-hybridized carbons (Fsp3) is 0.407. The van der Waals surface area contributed by atoms with Crippen molar-refractivity contribution in [3.8, 4) is 28.3 Å². The number of aromatic hydroxyl groups is 1. The molecule has 6 rings (SSSR count). The fourth-order valence-electron chi connectivity index (χ4n) is 5.70. The van der Waals surface area contributed by atoms with Gasteiger partial charge in [-0.3, -0.25) is 4.68 Å². The van der Waals surface area contributed by atoms with Crippen LogP contribution in [-0.4, -0.2) is 54.2 Å². The van der Waals surface area contributed by atoms with Gasteiger partial charge in [-0.25, -0.2) is 9.37 Å². The first-order valence-corrected chi connectivity index (χ1v) is 12.3. The van der Waals surface area contributed by atoms with Crippen molar-refractivity contribution in [1.29, 1.82) is 0 Å². The second kappa shape index (κ2) is 9.94. The van der Waals surface area contributed by atoms with Crippen molar-refractivity contribution in [3.63, 3.8) is 0 Å². The molecule has 4 heterocycles. The van der Waals surface area contributed by atoms with Crippen molar-refractivity contribution in [2.24, 2.45) is 7.05 Å². The number of aromatic nitrogens is 5. The summed E-state index contributed by atoms with van der Waals surface area (Å²) in [6, 6.07) is 8.96. The summed E-state index contributed by atoms with van der Waals surface area (Å²) in [6.45, 7) is 4.53. The van der Waals surface area contributed by atoms with E-state index in [1.165, 1.54) is 18.9 Å². The third-order valence-corrected chi connectivity index (χ3v) is 7.51. The number of rotatable bonds is 4. The van der Waals surface area contributed by atoms with Crippen molar-refractivity contribution in [1.82, 2.24) is 30.3 Å². The molecule has 0 bridgehead atoms. The topological polar surface area (TPSA) is 92.0 Å². The summed E-state index contributed by atoms with van der Waals surface area (Å²) >= 11 is 0. The van der Waals surface area contributed by atoms with Gasteiger partial charge >= 0.3 is 0 Å². The lowest BCUT2D eigenvalue weighted by Crippen LogP contribution is -2.58. The Balaban J connectivity index is 0.00000168. The van der Waals surface area contributed by atoms with Crippen LogP contribution in [-0.2, 0) is 7.05 Å². The van der Waals surface area contributed by atoms with Crippen LogP contribution in [0.15, 0.2) is 42.7 Å². The number of aryl methyl sites for hydroxylation is 1. The lowest BCUT2D eigenvalue weighted by atomic mass is 9.83. The maximum atomic E-state index is 14.5. The standard InChI is InChI=1S/C27H30FN7O.2ClH/c1-26(2)12-19(13-27(33-26)7-8-27)35(4)23-6-5-21(30-31-23)25-22(36)11-17(14-29-25)16-9-18-15-34(3)32-24(18)20(28)10-16;;/h5-6,9-11,14-15,19,33,36H,7-8,12-13H2,1-4H3;2*1H. The van der Waals surface area contributed by atoms with E-state index in [2.05, 4.69) is 51.4 Å². The van der Waals surface area contributed by atoms with Crippen LogP contribution >= 0.6 is 24.8 Å². The van der Waals surface area contributed by atoms with Crippen LogP contribution in [0.4, 0.5) is 10.2 Å². The molecule has 1 saturated carbocycles. The second-order valence-electron chi connectivity index (χ2n) is 11.0. The van der Waals surface area contributed by atoms with Crippen molar-refractivity contribution in [2.75, 3.05) is 11.9 Å². The molecule has 2 aliphatic rings. The Morgan fingerprint density at radius 3 is 2.50 bits per heavy atom. The van der Waals surface area contributed by atoms with Crippen LogP contribution in [0, 0.1) is 5.82 Å². The highest BCUT2D eigenvalue weighted by Gasteiger charge is 2.51. The van der Waals surface area contributed by atoms with E-state index >= 15 is 0 Å². The number of nitrogens with zero attached hydrogens (tertiary/aromatic N) is 6. The second-order valence-corrected chi connectivity index (χ2v) is 11.0. The third-order valence-electron chi connectivity index (χ3n) is 7.51. The van der Waals surface area contributed by atoms with Gasteiger partial charge < -0.3 is 15.3 Å². The Morgan fingerprint density at radius 1 is 1.08 bits per heavy atom. The molecular weight excluding hydrogens is 528 g/mol. The molecule has 0 amide bonds. The summed E-state index contributed by atoms with van der Waals surface area (Å²) < 4.78 is 16.1. The monoisotopic (exact) mass is 559 g/mol. The zero-order valence-corrected chi connectivity index (χ0v) is 23.4. The molecular formula is C27H32Cl2FN7O. The predicted octanol–water partition coefficient (Wildman–Crippen LogP) is 5.28. The Hall–Kier alpha value is -3.01. The summed E-state index contributed by atoms with van der Waals surface area (Å²) in [4.78, 5) is 6.65. The molecule has 2 N–H and O–H groups in total. The van der Waals surface area contributed by atoms with E-state index in [0.717, 1.165) is 18.7 Å². The first-order valence-electron chi connectivity index (χ1n) is 12.3. The number of anilines is 1. The highest BCUT2D eigenvalue weighted by Crippen LogP contribution is 2.47. The molecule has 202 valence electrons. The van der Waals surface area contributed by atoms with Crippen LogP contribution in [0.3, 0.4) is 0 Å². The van der Waals surface area contributed by atoms with E-state index in [1.54, 1.807) is 30.2 Å². The summed E-state index contributed by atoms with van der Waals surface area (Å²) in [5.74, 6) is 0.348. The third kappa shape index (κ3) is 5.15. The maximum Gasteiger partial charge on any atom is 0.151 e. The van der Waals surface area contributed by atoms with Gasteiger partial charge in [0, 0.05) is 54.6 Å². The number of benzene rings is 1. The Kier molecular flexibility index (Phi) is 7.33. The fourth-order valence-corrected chi connectivity index (χ4v) is 5.70. The molecule has 1 saturated heterocycles. The molecule has 11 heteroatoms. The van der Waals surface area contributed by atoms with Crippen LogP contribution in [0.5, 0.6) is 5.75 Å². The van der Waals surface area contributed by atoms with Crippen LogP contribution in [0.1, 0.15) is 39.5 Å². The van der Waals surface area contributed by atoms with E-state index in [1.807, 2.05) is 18.2 Å². The molecule has 3 aromatic heterocycles. The van der Waals surface area contributed by atoms with E-state index in [9.17, 15) is 9.50 Å². The minimum atomic E-state index is -0.415. The number of pyridine rings is 1. The van der Waals surface area contributed by atoms with Gasteiger partial charge in [-0.05, 0) is 75.4 Å². The van der Waals surface area contributed by atoms with Gasteiger partial charge in [0.05, 0.1) is 0 Å². The molecule has 1 spiro atoms. The Morgan fingerprint density at radius 2 is 1.84 bits per heavy atom. The molecule has 0 radical (unpaired) electrons. The Labute approximate surface area is 233 Å². The van der Waals surface area contributed by atoms with E-state index in [0.29, 0.717) is 39.5 Å². The van der Waals surface area contributed by atoms with Gasteiger partial charge in [0.15, 0.2) is 11.6 Å². The minimum Gasteiger partial charge on any atom is -0.506 e. The van der Waals surface area contributed by atoms with Crippen LogP contribution in [0.2, 0.25) is 0 Å². The number of halogens is 3. The molecule has 2 fully saturated rings. The Bertz CT molecular complexity index is 1460. The minimum absolute atomic E-state index is 0. The number of fused-ring (bicyclic) bond motifs is 1. The van der Waals surface area contributed by atoms with Crippen molar-refractivity contribution in [3.05, 3.63) is 48.5 Å². The lowest BCUT2D eigenvalue weighted by molar-refractivity contribution is 0.203. The van der Waals surface area contributed by atoms with Gasteiger partial charge in [0.25, 0.3) is 0 Å². The first kappa shape index (κ1) is 28.0. The smallest absolute Gasteiger partial charge is 0.151 e. The number of piperidine rings is 1. The first-order chi connectivity index (χ1) is 17.1. The summed E-state index contributed by atoms with van der Waals surface area (Å²) in [5.41, 5.74) is 2.71. The molecule has 1 aromatic carbocycles. The molecule has 8 nitrogen and oxygen atoms in total. The normalized spacial score (nSPS) is 19.0. The number of nitrogens with one attached hydrogen (secondary N) is 1. The number of hydrogen-bond donors (Lipinski definition) is 2. The molecule has 1 aliphatic heterocycles. The van der Waals surface area contributed by atoms with Crippen molar-refractivity contribution < 1.29 is 9.50 Å². The number of hydrogen-bond acceptors (Lipinski definition) is 7. The summed E-state index contributed by atoms with van der Waals surface area (Å²) in [5, 5.41) is 28.2.